The first kappa shape index (κ1) is 24.0. The number of halogens is 3. The number of hydrogen-bond acceptors (Lipinski definition) is 4. The van der Waals surface area contributed by atoms with Crippen molar-refractivity contribution < 1.29 is 26.4 Å². The SMILES string of the molecule is Cn1c(=O)n(CCC(=O)N2CCN(S(=O)(=O)c3cccc(C(F)(F)F)c3)CC2)c2ccccc21. The molecule has 0 saturated carbocycles. The molecule has 0 spiro atoms. The van der Waals surface area contributed by atoms with Crippen LogP contribution in [0.3, 0.4) is 0 Å². The van der Waals surface area contributed by atoms with E-state index in [-0.39, 0.29) is 50.7 Å². The van der Waals surface area contributed by atoms with Gasteiger partial charge in [0.15, 0.2) is 0 Å². The molecule has 0 aliphatic carbocycles. The molecule has 12 heteroatoms. The molecule has 0 radical (unpaired) electrons. The topological polar surface area (TPSA) is 84.6 Å². The number of para-hydroxylation sites is 2. The molecular formula is C22H23F3N4O4S. The summed E-state index contributed by atoms with van der Waals surface area (Å²) in [7, 11) is -2.47. The monoisotopic (exact) mass is 496 g/mol. The molecule has 1 amide bonds. The molecule has 0 bridgehead atoms. The molecule has 1 aliphatic rings. The van der Waals surface area contributed by atoms with Gasteiger partial charge in [-0.3, -0.25) is 13.9 Å². The lowest BCUT2D eigenvalue weighted by atomic mass is 10.2. The van der Waals surface area contributed by atoms with Crippen LogP contribution in [0.4, 0.5) is 13.2 Å². The van der Waals surface area contributed by atoms with Gasteiger partial charge < -0.3 is 4.90 Å². The molecule has 0 atom stereocenters. The minimum absolute atomic E-state index is 0.0292. The minimum Gasteiger partial charge on any atom is -0.340 e. The third-order valence-corrected chi connectivity index (χ3v) is 7.89. The quantitative estimate of drug-likeness (QED) is 0.543. The average molecular weight is 497 g/mol. The predicted molar refractivity (Wildman–Crippen MR) is 119 cm³/mol. The first-order chi connectivity index (χ1) is 16.0. The van der Waals surface area contributed by atoms with Crippen LogP contribution in [0.25, 0.3) is 11.0 Å². The summed E-state index contributed by atoms with van der Waals surface area (Å²) in [6.07, 6.45) is -4.59. The summed E-state index contributed by atoms with van der Waals surface area (Å²) in [4.78, 5) is 26.3. The van der Waals surface area contributed by atoms with Gasteiger partial charge in [0.2, 0.25) is 15.9 Å². The second-order valence-corrected chi connectivity index (χ2v) is 9.98. The van der Waals surface area contributed by atoms with Crippen molar-refractivity contribution in [3.63, 3.8) is 0 Å². The maximum absolute atomic E-state index is 13.0. The van der Waals surface area contributed by atoms with Crippen LogP contribution in [0.1, 0.15) is 12.0 Å². The largest absolute Gasteiger partial charge is 0.416 e. The van der Waals surface area contributed by atoms with Gasteiger partial charge in [-0.2, -0.15) is 17.5 Å². The van der Waals surface area contributed by atoms with Gasteiger partial charge in [-0.25, -0.2) is 13.2 Å². The molecule has 3 aromatic rings. The van der Waals surface area contributed by atoms with Crippen LogP contribution in [0.5, 0.6) is 0 Å². The Hall–Kier alpha value is -3.12. The Labute approximate surface area is 193 Å². The van der Waals surface area contributed by atoms with Crippen LogP contribution >= 0.6 is 0 Å². The molecule has 1 aliphatic heterocycles. The summed E-state index contributed by atoms with van der Waals surface area (Å²) in [5.74, 6) is -0.226. The number of hydrogen-bond donors (Lipinski definition) is 0. The average Bonchev–Trinajstić information content (AvgIpc) is 3.07. The molecule has 2 aromatic carbocycles. The van der Waals surface area contributed by atoms with Crippen molar-refractivity contribution in [2.45, 2.75) is 24.0 Å². The Balaban J connectivity index is 1.40. The number of aryl methyl sites for hydroxylation is 2. The van der Waals surface area contributed by atoms with E-state index in [0.717, 1.165) is 33.5 Å². The highest BCUT2D eigenvalue weighted by Crippen LogP contribution is 2.31. The number of carbonyl (C=O) groups is 1. The van der Waals surface area contributed by atoms with E-state index in [1.54, 1.807) is 13.1 Å². The maximum Gasteiger partial charge on any atom is 0.416 e. The second-order valence-electron chi connectivity index (χ2n) is 8.04. The van der Waals surface area contributed by atoms with Crippen LogP contribution in [0, 0.1) is 0 Å². The van der Waals surface area contributed by atoms with Crippen LogP contribution in [0.15, 0.2) is 58.2 Å². The molecule has 2 heterocycles. The standard InChI is InChI=1S/C22H23F3N4O4S/c1-26-18-7-2-3-8-19(18)29(21(26)31)10-9-20(30)27-11-13-28(14-12-27)34(32,33)17-6-4-5-16(15-17)22(23,24)25/h2-8,15H,9-14H2,1H3. The maximum atomic E-state index is 13.0. The fraction of sp³-hybridized carbons (Fsp3) is 0.364. The highest BCUT2D eigenvalue weighted by Gasteiger charge is 2.34. The number of alkyl halides is 3. The van der Waals surface area contributed by atoms with Crippen molar-refractivity contribution in [2.75, 3.05) is 26.2 Å². The summed E-state index contributed by atoms with van der Waals surface area (Å²) in [6, 6.07) is 10.9. The fourth-order valence-electron chi connectivity index (χ4n) is 4.10. The molecular weight excluding hydrogens is 473 g/mol. The molecule has 1 fully saturated rings. The zero-order chi connectivity index (χ0) is 24.7. The smallest absolute Gasteiger partial charge is 0.340 e. The van der Waals surface area contributed by atoms with E-state index in [1.165, 1.54) is 14.0 Å². The highest BCUT2D eigenvalue weighted by molar-refractivity contribution is 7.89. The number of piperazine rings is 1. The zero-order valence-corrected chi connectivity index (χ0v) is 19.1. The van der Waals surface area contributed by atoms with Crippen molar-refractivity contribution >= 4 is 27.0 Å². The van der Waals surface area contributed by atoms with Crippen molar-refractivity contribution in [1.82, 2.24) is 18.3 Å². The van der Waals surface area contributed by atoms with Gasteiger partial charge in [0.1, 0.15) is 0 Å². The number of sulfonamides is 1. The third-order valence-electron chi connectivity index (χ3n) is 5.99. The highest BCUT2D eigenvalue weighted by atomic mass is 32.2. The van der Waals surface area contributed by atoms with Gasteiger partial charge in [-0.1, -0.05) is 18.2 Å². The molecule has 1 aromatic heterocycles. The number of carbonyl (C=O) groups excluding carboxylic acids is 1. The van der Waals surface area contributed by atoms with E-state index in [0.29, 0.717) is 6.07 Å². The van der Waals surface area contributed by atoms with E-state index < -0.39 is 26.7 Å². The third kappa shape index (κ3) is 4.47. The van der Waals surface area contributed by atoms with E-state index in [9.17, 15) is 31.2 Å². The number of aromatic nitrogens is 2. The predicted octanol–water partition coefficient (Wildman–Crippen LogP) is 2.28. The van der Waals surface area contributed by atoms with Gasteiger partial charge in [0, 0.05) is 46.2 Å². The lowest BCUT2D eigenvalue weighted by molar-refractivity contribution is -0.137. The first-order valence-corrected chi connectivity index (χ1v) is 12.0. The van der Waals surface area contributed by atoms with Crippen LogP contribution in [0.2, 0.25) is 0 Å². The number of nitrogens with zero attached hydrogens (tertiary/aromatic N) is 4. The Bertz CT molecular complexity index is 1390. The number of imidazole rings is 1. The fourth-order valence-corrected chi connectivity index (χ4v) is 5.57. The normalized spacial score (nSPS) is 15.7. The summed E-state index contributed by atoms with van der Waals surface area (Å²) in [6.45, 7) is 0.349. The Morgan fingerprint density at radius 3 is 2.26 bits per heavy atom. The van der Waals surface area contributed by atoms with Crippen molar-refractivity contribution in [2.24, 2.45) is 7.05 Å². The van der Waals surface area contributed by atoms with Gasteiger partial charge in [0.05, 0.1) is 21.5 Å². The Kier molecular flexibility index (Phi) is 6.30. The number of amides is 1. The van der Waals surface area contributed by atoms with Crippen LogP contribution < -0.4 is 5.69 Å². The summed E-state index contributed by atoms with van der Waals surface area (Å²) in [5.41, 5.74) is 0.213. The van der Waals surface area contributed by atoms with Gasteiger partial charge in [-0.15, -0.1) is 0 Å². The van der Waals surface area contributed by atoms with Gasteiger partial charge in [0.25, 0.3) is 0 Å². The van der Waals surface area contributed by atoms with Gasteiger partial charge >= 0.3 is 11.9 Å². The van der Waals surface area contributed by atoms with Gasteiger partial charge in [-0.05, 0) is 30.3 Å². The summed E-state index contributed by atoms with van der Waals surface area (Å²) in [5, 5.41) is 0. The second kappa shape index (κ2) is 8.91. The first-order valence-electron chi connectivity index (χ1n) is 10.6. The summed E-state index contributed by atoms with van der Waals surface area (Å²) >= 11 is 0. The zero-order valence-electron chi connectivity index (χ0n) is 18.3. The minimum atomic E-state index is -4.65. The molecule has 8 nitrogen and oxygen atoms in total. The van der Waals surface area contributed by atoms with Crippen molar-refractivity contribution in [3.8, 4) is 0 Å². The van der Waals surface area contributed by atoms with Crippen LogP contribution in [-0.4, -0.2) is 58.8 Å². The van der Waals surface area contributed by atoms with Crippen molar-refractivity contribution in [1.29, 1.82) is 0 Å². The van der Waals surface area contributed by atoms with E-state index in [2.05, 4.69) is 0 Å². The molecule has 0 N–H and O–H groups in total. The van der Waals surface area contributed by atoms with Crippen LogP contribution in [-0.2, 0) is 34.6 Å². The number of benzene rings is 2. The van der Waals surface area contributed by atoms with E-state index in [4.69, 9.17) is 0 Å². The van der Waals surface area contributed by atoms with E-state index >= 15 is 0 Å². The Morgan fingerprint density at radius 2 is 1.62 bits per heavy atom. The van der Waals surface area contributed by atoms with Crippen molar-refractivity contribution in [3.05, 3.63) is 64.6 Å². The lowest BCUT2D eigenvalue weighted by Crippen LogP contribution is -2.50. The molecule has 34 heavy (non-hydrogen) atoms. The number of rotatable bonds is 5. The lowest BCUT2D eigenvalue weighted by Gasteiger charge is -2.34. The summed E-state index contributed by atoms with van der Waals surface area (Å²) < 4.78 is 68.7. The molecule has 4 rings (SSSR count). The Morgan fingerprint density at radius 1 is 0.971 bits per heavy atom. The molecule has 1 saturated heterocycles. The number of fused-ring (bicyclic) bond motifs is 1. The van der Waals surface area contributed by atoms with E-state index in [1.807, 2.05) is 18.2 Å². The molecule has 182 valence electrons. The molecule has 0 unspecified atom stereocenters.